The summed E-state index contributed by atoms with van der Waals surface area (Å²) in [4.78, 5) is 1.05. The van der Waals surface area contributed by atoms with E-state index in [1.807, 2.05) is 0 Å². The van der Waals surface area contributed by atoms with Crippen LogP contribution >= 0.6 is 12.6 Å². The average Bonchev–Trinajstić information content (AvgIpc) is 2.58. The summed E-state index contributed by atoms with van der Waals surface area (Å²) in [6, 6.07) is 8.49. The lowest BCUT2D eigenvalue weighted by molar-refractivity contribution is 0.762. The summed E-state index contributed by atoms with van der Waals surface area (Å²) in [5, 5.41) is 3.37. The molecule has 1 unspecified atom stereocenters. The third-order valence-corrected chi connectivity index (χ3v) is 2.72. The van der Waals surface area contributed by atoms with Crippen molar-refractivity contribution in [2.24, 2.45) is 0 Å². The fourth-order valence-corrected chi connectivity index (χ4v) is 1.83. The molecule has 1 aromatic rings. The summed E-state index contributed by atoms with van der Waals surface area (Å²) in [7, 11) is 0. The molecule has 2 heteroatoms. The van der Waals surface area contributed by atoms with E-state index in [1.165, 1.54) is 12.0 Å². The van der Waals surface area contributed by atoms with Crippen LogP contribution in [0.3, 0.4) is 0 Å². The van der Waals surface area contributed by atoms with E-state index >= 15 is 0 Å². The highest BCUT2D eigenvalue weighted by molar-refractivity contribution is 7.80. The zero-order chi connectivity index (χ0) is 8.39. The molecule has 0 bridgehead atoms. The molecule has 1 heterocycles. The third-order valence-electron chi connectivity index (χ3n) is 2.42. The molecule has 2 rings (SSSR count). The minimum atomic E-state index is 0.721. The first-order valence-electron chi connectivity index (χ1n) is 4.36. The highest BCUT2D eigenvalue weighted by Gasteiger charge is 2.15. The molecule has 1 N–H and O–H groups in total. The standard InChI is InChI=1S/C10H13NS/c12-10-3-1-8(2-4-10)9-5-6-11-7-9/h1-4,9,11-12H,5-7H2. The van der Waals surface area contributed by atoms with Crippen LogP contribution in [-0.4, -0.2) is 13.1 Å². The molecule has 0 spiro atoms. The molecule has 1 nitrogen and oxygen atoms in total. The maximum Gasteiger partial charge on any atom is 0.00401 e. The molecule has 0 radical (unpaired) electrons. The fraction of sp³-hybridized carbons (Fsp3) is 0.400. The summed E-state index contributed by atoms with van der Waals surface area (Å²) in [5.41, 5.74) is 1.44. The molecule has 1 aliphatic rings. The van der Waals surface area contributed by atoms with Crippen molar-refractivity contribution in [3.05, 3.63) is 29.8 Å². The number of hydrogen-bond donors (Lipinski definition) is 2. The van der Waals surface area contributed by atoms with Crippen molar-refractivity contribution in [2.45, 2.75) is 17.2 Å². The smallest absolute Gasteiger partial charge is 0.00401 e. The first-order valence-corrected chi connectivity index (χ1v) is 4.80. The van der Waals surface area contributed by atoms with E-state index in [2.05, 4.69) is 42.2 Å². The van der Waals surface area contributed by atoms with Gasteiger partial charge < -0.3 is 5.32 Å². The van der Waals surface area contributed by atoms with Crippen LogP contribution in [0, 0.1) is 0 Å². The molecule has 0 saturated carbocycles. The predicted octanol–water partition coefficient (Wildman–Crippen LogP) is 2.05. The summed E-state index contributed by atoms with van der Waals surface area (Å²) < 4.78 is 0. The Hall–Kier alpha value is -0.470. The van der Waals surface area contributed by atoms with Crippen molar-refractivity contribution in [1.82, 2.24) is 5.32 Å². The van der Waals surface area contributed by atoms with Crippen LogP contribution in [0.15, 0.2) is 29.2 Å². The molecular formula is C10H13NS. The average molecular weight is 179 g/mol. The van der Waals surface area contributed by atoms with Crippen molar-refractivity contribution >= 4 is 12.6 Å². The topological polar surface area (TPSA) is 12.0 Å². The van der Waals surface area contributed by atoms with Crippen LogP contribution < -0.4 is 5.32 Å². The van der Waals surface area contributed by atoms with E-state index in [0.717, 1.165) is 23.9 Å². The fourth-order valence-electron chi connectivity index (χ4n) is 1.69. The molecule has 1 aliphatic heterocycles. The van der Waals surface area contributed by atoms with Crippen LogP contribution in [0.25, 0.3) is 0 Å². The number of thiol groups is 1. The first-order chi connectivity index (χ1) is 5.86. The Morgan fingerprint density at radius 2 is 2.00 bits per heavy atom. The van der Waals surface area contributed by atoms with Gasteiger partial charge in [0.25, 0.3) is 0 Å². The van der Waals surface area contributed by atoms with Crippen LogP contribution in [0.1, 0.15) is 17.9 Å². The summed E-state index contributed by atoms with van der Waals surface area (Å²) in [6.45, 7) is 2.29. The van der Waals surface area contributed by atoms with Gasteiger partial charge in [0.05, 0.1) is 0 Å². The van der Waals surface area contributed by atoms with Crippen LogP contribution in [0.5, 0.6) is 0 Å². The van der Waals surface area contributed by atoms with Crippen molar-refractivity contribution in [3.8, 4) is 0 Å². The van der Waals surface area contributed by atoms with Crippen molar-refractivity contribution in [2.75, 3.05) is 13.1 Å². The van der Waals surface area contributed by atoms with Gasteiger partial charge in [-0.3, -0.25) is 0 Å². The van der Waals surface area contributed by atoms with E-state index in [-0.39, 0.29) is 0 Å². The molecular weight excluding hydrogens is 166 g/mol. The summed E-state index contributed by atoms with van der Waals surface area (Å²) in [6.07, 6.45) is 1.27. The van der Waals surface area contributed by atoms with Crippen molar-refractivity contribution in [1.29, 1.82) is 0 Å². The largest absolute Gasteiger partial charge is 0.316 e. The van der Waals surface area contributed by atoms with Gasteiger partial charge in [-0.25, -0.2) is 0 Å². The van der Waals surface area contributed by atoms with Gasteiger partial charge in [0.1, 0.15) is 0 Å². The van der Waals surface area contributed by atoms with Crippen molar-refractivity contribution < 1.29 is 0 Å². The number of rotatable bonds is 1. The van der Waals surface area contributed by atoms with Gasteiger partial charge in [-0.1, -0.05) is 12.1 Å². The first kappa shape index (κ1) is 8.14. The van der Waals surface area contributed by atoms with Crippen LogP contribution in [0.4, 0.5) is 0 Å². The number of benzene rings is 1. The van der Waals surface area contributed by atoms with Gasteiger partial charge in [-0.2, -0.15) is 0 Å². The Morgan fingerprint density at radius 1 is 1.25 bits per heavy atom. The Balaban J connectivity index is 2.17. The predicted molar refractivity (Wildman–Crippen MR) is 53.9 cm³/mol. The van der Waals surface area contributed by atoms with Crippen LogP contribution in [0.2, 0.25) is 0 Å². The van der Waals surface area contributed by atoms with E-state index in [9.17, 15) is 0 Å². The van der Waals surface area contributed by atoms with Gasteiger partial charge in [0.15, 0.2) is 0 Å². The molecule has 1 saturated heterocycles. The Bertz CT molecular complexity index is 249. The second-order valence-corrected chi connectivity index (χ2v) is 3.80. The number of nitrogens with one attached hydrogen (secondary N) is 1. The lowest BCUT2D eigenvalue weighted by atomic mass is 9.99. The van der Waals surface area contributed by atoms with Crippen LogP contribution in [-0.2, 0) is 0 Å². The third kappa shape index (κ3) is 1.65. The van der Waals surface area contributed by atoms with E-state index in [1.54, 1.807) is 0 Å². The van der Waals surface area contributed by atoms with E-state index < -0.39 is 0 Å². The highest BCUT2D eigenvalue weighted by Crippen LogP contribution is 2.22. The van der Waals surface area contributed by atoms with Crippen molar-refractivity contribution in [3.63, 3.8) is 0 Å². The molecule has 1 aromatic carbocycles. The quantitative estimate of drug-likeness (QED) is 0.629. The normalized spacial score (nSPS) is 22.9. The van der Waals surface area contributed by atoms with Gasteiger partial charge >= 0.3 is 0 Å². The number of hydrogen-bond acceptors (Lipinski definition) is 2. The van der Waals surface area contributed by atoms with E-state index in [0.29, 0.717) is 0 Å². The lowest BCUT2D eigenvalue weighted by Gasteiger charge is -2.07. The molecule has 64 valence electrons. The second kappa shape index (κ2) is 3.50. The summed E-state index contributed by atoms with van der Waals surface area (Å²) in [5.74, 6) is 0.721. The highest BCUT2D eigenvalue weighted by atomic mass is 32.1. The molecule has 1 fully saturated rings. The minimum Gasteiger partial charge on any atom is -0.316 e. The Kier molecular flexibility index (Phi) is 2.38. The molecule has 12 heavy (non-hydrogen) atoms. The molecule has 0 amide bonds. The maximum atomic E-state index is 4.26. The van der Waals surface area contributed by atoms with Gasteiger partial charge in [0.2, 0.25) is 0 Å². The van der Waals surface area contributed by atoms with Gasteiger partial charge in [-0.15, -0.1) is 12.6 Å². The van der Waals surface area contributed by atoms with E-state index in [4.69, 9.17) is 0 Å². The summed E-state index contributed by atoms with van der Waals surface area (Å²) >= 11 is 4.26. The molecule has 0 aromatic heterocycles. The lowest BCUT2D eigenvalue weighted by Crippen LogP contribution is -2.07. The minimum absolute atomic E-state index is 0.721. The van der Waals surface area contributed by atoms with Gasteiger partial charge in [-0.05, 0) is 36.6 Å². The molecule has 0 aliphatic carbocycles. The zero-order valence-corrected chi connectivity index (χ0v) is 7.85. The Morgan fingerprint density at radius 3 is 2.58 bits per heavy atom. The SMILES string of the molecule is Sc1ccc(C2CCNC2)cc1. The Labute approximate surface area is 78.6 Å². The zero-order valence-electron chi connectivity index (χ0n) is 6.96. The molecule has 1 atom stereocenters. The maximum absolute atomic E-state index is 4.26. The second-order valence-electron chi connectivity index (χ2n) is 3.28. The van der Waals surface area contributed by atoms with Gasteiger partial charge in [0, 0.05) is 11.4 Å². The monoisotopic (exact) mass is 179 g/mol.